The standard InChI is InChI=1S/C22H29N3O3/c1-3-23-21(27)20-6-4-5-18(12-20)13-24-22(28)25-14-19(15-26)11-17-9-7-16(2)8-10-17/h4-10,12,19,26H,3,11,13-15H2,1-2H3,(H,23,27)(H2,24,25,28). The molecule has 2 rings (SSSR count). The molecule has 0 aromatic heterocycles. The first-order chi connectivity index (χ1) is 13.5. The Labute approximate surface area is 166 Å². The Morgan fingerprint density at radius 3 is 2.43 bits per heavy atom. The van der Waals surface area contributed by atoms with E-state index in [4.69, 9.17) is 0 Å². The largest absolute Gasteiger partial charge is 0.396 e. The van der Waals surface area contributed by atoms with Crippen LogP contribution in [-0.4, -0.2) is 36.7 Å². The maximum Gasteiger partial charge on any atom is 0.315 e. The van der Waals surface area contributed by atoms with Gasteiger partial charge in [0.15, 0.2) is 0 Å². The molecule has 0 saturated carbocycles. The zero-order chi connectivity index (χ0) is 20.4. The first-order valence-electron chi connectivity index (χ1n) is 9.57. The molecule has 2 aromatic rings. The average molecular weight is 383 g/mol. The van der Waals surface area contributed by atoms with Crippen LogP contribution in [0.5, 0.6) is 0 Å². The summed E-state index contributed by atoms with van der Waals surface area (Å²) in [5, 5.41) is 17.9. The lowest BCUT2D eigenvalue weighted by atomic mass is 9.99. The molecule has 150 valence electrons. The monoisotopic (exact) mass is 383 g/mol. The quantitative estimate of drug-likeness (QED) is 0.536. The lowest BCUT2D eigenvalue weighted by Crippen LogP contribution is -2.39. The molecule has 6 heteroatoms. The summed E-state index contributed by atoms with van der Waals surface area (Å²) in [6.45, 7) is 5.17. The number of aliphatic hydroxyl groups excluding tert-OH is 1. The number of amides is 3. The van der Waals surface area contributed by atoms with Crippen molar-refractivity contribution < 1.29 is 14.7 Å². The van der Waals surface area contributed by atoms with E-state index in [9.17, 15) is 14.7 Å². The van der Waals surface area contributed by atoms with E-state index in [0.29, 0.717) is 31.6 Å². The fourth-order valence-electron chi connectivity index (χ4n) is 2.83. The maximum absolute atomic E-state index is 12.1. The summed E-state index contributed by atoms with van der Waals surface area (Å²) in [4.78, 5) is 24.0. The summed E-state index contributed by atoms with van der Waals surface area (Å²) in [5.41, 5.74) is 3.74. The minimum absolute atomic E-state index is 0.00272. The van der Waals surface area contributed by atoms with E-state index in [1.165, 1.54) is 5.56 Å². The van der Waals surface area contributed by atoms with E-state index in [2.05, 4.69) is 16.0 Å². The minimum Gasteiger partial charge on any atom is -0.396 e. The highest BCUT2D eigenvalue weighted by Crippen LogP contribution is 2.10. The number of hydrogen-bond donors (Lipinski definition) is 4. The highest BCUT2D eigenvalue weighted by molar-refractivity contribution is 5.94. The number of hydrogen-bond acceptors (Lipinski definition) is 3. The maximum atomic E-state index is 12.1. The van der Waals surface area contributed by atoms with Crippen LogP contribution in [0.15, 0.2) is 48.5 Å². The molecule has 0 bridgehead atoms. The van der Waals surface area contributed by atoms with Crippen LogP contribution in [0.4, 0.5) is 4.79 Å². The van der Waals surface area contributed by atoms with E-state index < -0.39 is 0 Å². The lowest BCUT2D eigenvalue weighted by molar-refractivity contribution is 0.0955. The lowest BCUT2D eigenvalue weighted by Gasteiger charge is -2.16. The Morgan fingerprint density at radius 2 is 1.75 bits per heavy atom. The number of urea groups is 1. The highest BCUT2D eigenvalue weighted by Gasteiger charge is 2.11. The summed E-state index contributed by atoms with van der Waals surface area (Å²) in [5.74, 6) is -0.176. The molecule has 3 amide bonds. The topological polar surface area (TPSA) is 90.5 Å². The molecule has 4 N–H and O–H groups in total. The average Bonchev–Trinajstić information content (AvgIpc) is 2.71. The number of aryl methyl sites for hydroxylation is 1. The zero-order valence-corrected chi connectivity index (χ0v) is 16.5. The molecule has 0 aliphatic heterocycles. The van der Waals surface area contributed by atoms with Crippen molar-refractivity contribution in [2.75, 3.05) is 19.7 Å². The SMILES string of the molecule is CCNC(=O)c1cccc(CNC(=O)NCC(CO)Cc2ccc(C)cc2)c1. The van der Waals surface area contributed by atoms with Crippen molar-refractivity contribution in [3.05, 3.63) is 70.8 Å². The molecule has 1 unspecified atom stereocenters. The number of rotatable bonds is 9. The fraction of sp³-hybridized carbons (Fsp3) is 0.364. The molecule has 0 spiro atoms. The first-order valence-corrected chi connectivity index (χ1v) is 9.57. The Morgan fingerprint density at radius 1 is 1.00 bits per heavy atom. The van der Waals surface area contributed by atoms with E-state index >= 15 is 0 Å². The second-order valence-corrected chi connectivity index (χ2v) is 6.86. The van der Waals surface area contributed by atoms with E-state index in [1.54, 1.807) is 18.2 Å². The van der Waals surface area contributed by atoms with Gasteiger partial charge in [-0.2, -0.15) is 0 Å². The smallest absolute Gasteiger partial charge is 0.315 e. The van der Waals surface area contributed by atoms with Crippen LogP contribution >= 0.6 is 0 Å². The summed E-state index contributed by atoms with van der Waals surface area (Å²) >= 11 is 0. The van der Waals surface area contributed by atoms with Gasteiger partial charge in [-0.1, -0.05) is 42.0 Å². The number of carbonyl (C=O) groups excluding carboxylic acids is 2. The van der Waals surface area contributed by atoms with E-state index in [1.807, 2.05) is 44.2 Å². The van der Waals surface area contributed by atoms with Crippen LogP contribution in [0, 0.1) is 12.8 Å². The Balaban J connectivity index is 1.79. The van der Waals surface area contributed by atoms with Gasteiger partial charge in [0, 0.05) is 37.7 Å². The van der Waals surface area contributed by atoms with Gasteiger partial charge in [-0.05, 0) is 43.5 Å². The molecule has 0 saturated heterocycles. The molecule has 28 heavy (non-hydrogen) atoms. The number of nitrogens with one attached hydrogen (secondary N) is 3. The second kappa shape index (κ2) is 11.1. The van der Waals surface area contributed by atoms with Crippen LogP contribution < -0.4 is 16.0 Å². The van der Waals surface area contributed by atoms with Gasteiger partial charge in [0.2, 0.25) is 0 Å². The normalized spacial score (nSPS) is 11.5. The molecule has 0 aliphatic rings. The molecule has 6 nitrogen and oxygen atoms in total. The molecule has 0 radical (unpaired) electrons. The van der Waals surface area contributed by atoms with Crippen molar-refractivity contribution in [2.24, 2.45) is 5.92 Å². The van der Waals surface area contributed by atoms with E-state index in [-0.39, 0.29) is 24.5 Å². The molecule has 0 fully saturated rings. The van der Waals surface area contributed by atoms with Crippen LogP contribution in [0.25, 0.3) is 0 Å². The zero-order valence-electron chi connectivity index (χ0n) is 16.5. The van der Waals surface area contributed by atoms with Gasteiger partial charge in [-0.15, -0.1) is 0 Å². The molecule has 0 heterocycles. The third-order valence-corrected chi connectivity index (χ3v) is 4.43. The Kier molecular flexibility index (Phi) is 8.49. The van der Waals surface area contributed by atoms with Crippen molar-refractivity contribution in [2.45, 2.75) is 26.8 Å². The van der Waals surface area contributed by atoms with Crippen LogP contribution in [-0.2, 0) is 13.0 Å². The molecular weight excluding hydrogens is 354 g/mol. The van der Waals surface area contributed by atoms with Crippen molar-refractivity contribution in [3.8, 4) is 0 Å². The predicted molar refractivity (Wildman–Crippen MR) is 110 cm³/mol. The first kappa shape index (κ1) is 21.4. The van der Waals surface area contributed by atoms with Gasteiger partial charge < -0.3 is 21.1 Å². The van der Waals surface area contributed by atoms with Gasteiger partial charge in [-0.25, -0.2) is 4.79 Å². The predicted octanol–water partition coefficient (Wildman–Crippen LogP) is 2.40. The van der Waals surface area contributed by atoms with Gasteiger partial charge in [0.1, 0.15) is 0 Å². The fourth-order valence-corrected chi connectivity index (χ4v) is 2.83. The summed E-state index contributed by atoms with van der Waals surface area (Å²) < 4.78 is 0. The van der Waals surface area contributed by atoms with Crippen molar-refractivity contribution in [1.82, 2.24) is 16.0 Å². The van der Waals surface area contributed by atoms with Crippen LogP contribution in [0.2, 0.25) is 0 Å². The molecule has 2 aromatic carbocycles. The van der Waals surface area contributed by atoms with Crippen molar-refractivity contribution in [1.29, 1.82) is 0 Å². The third kappa shape index (κ3) is 7.04. The Hall–Kier alpha value is -2.86. The van der Waals surface area contributed by atoms with E-state index in [0.717, 1.165) is 11.1 Å². The Bertz CT molecular complexity index is 775. The van der Waals surface area contributed by atoms with Gasteiger partial charge in [0.25, 0.3) is 5.91 Å². The van der Waals surface area contributed by atoms with Crippen molar-refractivity contribution in [3.63, 3.8) is 0 Å². The van der Waals surface area contributed by atoms with Gasteiger partial charge in [0.05, 0.1) is 0 Å². The molecule has 0 aliphatic carbocycles. The number of benzene rings is 2. The summed E-state index contributed by atoms with van der Waals surface area (Å²) in [7, 11) is 0. The summed E-state index contributed by atoms with van der Waals surface area (Å²) in [6, 6.07) is 15.0. The number of aliphatic hydroxyl groups is 1. The second-order valence-electron chi connectivity index (χ2n) is 6.86. The minimum atomic E-state index is -0.300. The van der Waals surface area contributed by atoms with Crippen LogP contribution in [0.3, 0.4) is 0 Å². The van der Waals surface area contributed by atoms with Crippen molar-refractivity contribution >= 4 is 11.9 Å². The number of carbonyl (C=O) groups is 2. The van der Waals surface area contributed by atoms with Gasteiger partial charge >= 0.3 is 6.03 Å². The molecule has 1 atom stereocenters. The van der Waals surface area contributed by atoms with Crippen LogP contribution in [0.1, 0.15) is 34.0 Å². The third-order valence-electron chi connectivity index (χ3n) is 4.43. The molecular formula is C22H29N3O3. The summed E-state index contributed by atoms with van der Waals surface area (Å²) in [6.07, 6.45) is 0.700. The highest BCUT2D eigenvalue weighted by atomic mass is 16.3. The van der Waals surface area contributed by atoms with Gasteiger partial charge in [-0.3, -0.25) is 4.79 Å².